The van der Waals surface area contributed by atoms with Gasteiger partial charge in [0.05, 0.1) is 22.8 Å². The molecule has 1 saturated carbocycles. The number of nitrogens with one attached hydrogen (secondary N) is 3. The minimum atomic E-state index is -3.41. The van der Waals surface area contributed by atoms with Gasteiger partial charge in [0.25, 0.3) is 0 Å². The summed E-state index contributed by atoms with van der Waals surface area (Å²) in [5.41, 5.74) is 3.06. The molecule has 5 rings (SSSR count). The van der Waals surface area contributed by atoms with E-state index in [-0.39, 0.29) is 5.25 Å². The fraction of sp³-hybridized carbons (Fsp3) is 0.385. The van der Waals surface area contributed by atoms with Crippen LogP contribution in [0.1, 0.15) is 25.7 Å². The third-order valence-corrected chi connectivity index (χ3v) is 8.95. The SMILES string of the molecule is CN(C)C1CCN(c2ccc(Nc3ncc(Cl)c(Nc4ccccc4NS(=O)(=O)C4CC4)n3)cc2)CC1. The van der Waals surface area contributed by atoms with E-state index in [1.54, 1.807) is 18.2 Å². The molecule has 2 aromatic carbocycles. The van der Waals surface area contributed by atoms with Gasteiger partial charge in [-0.05, 0) is 76.2 Å². The maximum absolute atomic E-state index is 12.5. The van der Waals surface area contributed by atoms with E-state index in [9.17, 15) is 8.42 Å². The first-order valence-electron chi connectivity index (χ1n) is 12.5. The number of rotatable bonds is 9. The van der Waals surface area contributed by atoms with E-state index in [0.717, 1.165) is 31.6 Å². The Morgan fingerprint density at radius 1 is 0.946 bits per heavy atom. The van der Waals surface area contributed by atoms with Gasteiger partial charge < -0.3 is 20.4 Å². The second kappa shape index (κ2) is 10.7. The first-order chi connectivity index (χ1) is 17.8. The van der Waals surface area contributed by atoms with Crippen LogP contribution in [0.25, 0.3) is 0 Å². The topological polar surface area (TPSA) is 102 Å². The van der Waals surface area contributed by atoms with Crippen LogP contribution < -0.4 is 20.3 Å². The van der Waals surface area contributed by atoms with Crippen LogP contribution in [0.15, 0.2) is 54.7 Å². The fourth-order valence-corrected chi connectivity index (χ4v) is 6.01. The zero-order valence-corrected chi connectivity index (χ0v) is 22.6. The van der Waals surface area contributed by atoms with Gasteiger partial charge in [-0.2, -0.15) is 4.98 Å². The van der Waals surface area contributed by atoms with Crippen LogP contribution in [0.5, 0.6) is 0 Å². The van der Waals surface area contributed by atoms with E-state index >= 15 is 0 Å². The number of halogens is 1. The third kappa shape index (κ3) is 6.26. The van der Waals surface area contributed by atoms with Crippen molar-refractivity contribution in [3.8, 4) is 0 Å². The summed E-state index contributed by atoms with van der Waals surface area (Å²) in [4.78, 5) is 13.6. The number of sulfonamides is 1. The lowest BCUT2D eigenvalue weighted by atomic mass is 10.0. The van der Waals surface area contributed by atoms with Gasteiger partial charge >= 0.3 is 0 Å². The molecule has 0 atom stereocenters. The first kappa shape index (κ1) is 25.6. The zero-order valence-electron chi connectivity index (χ0n) is 21.0. The molecule has 2 heterocycles. The van der Waals surface area contributed by atoms with Crippen molar-refractivity contribution in [1.29, 1.82) is 0 Å². The van der Waals surface area contributed by atoms with Crippen molar-refractivity contribution in [2.45, 2.75) is 37.0 Å². The number of para-hydroxylation sites is 2. The molecule has 2 fully saturated rings. The summed E-state index contributed by atoms with van der Waals surface area (Å²) >= 11 is 6.37. The van der Waals surface area contributed by atoms with Crippen LogP contribution in [0.3, 0.4) is 0 Å². The molecule has 1 aromatic heterocycles. The summed E-state index contributed by atoms with van der Waals surface area (Å²) in [5, 5.41) is 6.38. The number of nitrogens with zero attached hydrogens (tertiary/aromatic N) is 4. The molecule has 2 aliphatic rings. The number of hydrogen-bond acceptors (Lipinski definition) is 8. The van der Waals surface area contributed by atoms with Gasteiger partial charge in [-0.25, -0.2) is 13.4 Å². The second-order valence-electron chi connectivity index (χ2n) is 9.76. The van der Waals surface area contributed by atoms with E-state index in [2.05, 4.69) is 61.4 Å². The molecule has 0 unspecified atom stereocenters. The Morgan fingerprint density at radius 3 is 2.27 bits per heavy atom. The molecule has 3 N–H and O–H groups in total. The van der Waals surface area contributed by atoms with Gasteiger partial charge in [-0.1, -0.05) is 23.7 Å². The summed E-state index contributed by atoms with van der Waals surface area (Å²) in [6, 6.07) is 16.0. The molecule has 0 spiro atoms. The van der Waals surface area contributed by atoms with Crippen LogP contribution >= 0.6 is 11.6 Å². The average Bonchev–Trinajstić information content (AvgIpc) is 3.74. The molecular formula is C26H32ClN7O2S. The van der Waals surface area contributed by atoms with E-state index < -0.39 is 10.0 Å². The molecule has 196 valence electrons. The maximum Gasteiger partial charge on any atom is 0.235 e. The van der Waals surface area contributed by atoms with Crippen LogP contribution in [0.4, 0.5) is 34.5 Å². The fourth-order valence-electron chi connectivity index (χ4n) is 4.46. The molecule has 3 aromatic rings. The van der Waals surface area contributed by atoms with Gasteiger partial charge in [-0.3, -0.25) is 4.72 Å². The number of benzene rings is 2. The van der Waals surface area contributed by atoms with E-state index in [4.69, 9.17) is 11.6 Å². The van der Waals surface area contributed by atoms with Crippen LogP contribution in [0, 0.1) is 0 Å². The lowest BCUT2D eigenvalue weighted by molar-refractivity contribution is 0.249. The Balaban J connectivity index is 1.26. The van der Waals surface area contributed by atoms with Crippen molar-refractivity contribution in [2.75, 3.05) is 47.4 Å². The standard InChI is InChI=1S/C26H32ClN7O2S/c1-33(2)19-13-15-34(16-14-19)20-9-7-18(8-10-20)29-26-28-17-22(27)25(31-26)30-23-5-3-4-6-24(23)32-37(35,36)21-11-12-21/h3-10,17,19,21,32H,11-16H2,1-2H3,(H2,28,29,30,31). The predicted molar refractivity (Wildman–Crippen MR) is 151 cm³/mol. The van der Waals surface area contributed by atoms with Crippen LogP contribution in [-0.2, 0) is 10.0 Å². The highest BCUT2D eigenvalue weighted by Gasteiger charge is 2.36. The van der Waals surface area contributed by atoms with Crippen LogP contribution in [-0.4, -0.2) is 61.8 Å². The largest absolute Gasteiger partial charge is 0.371 e. The monoisotopic (exact) mass is 541 g/mol. The quantitative estimate of drug-likeness (QED) is 0.346. The van der Waals surface area contributed by atoms with Gasteiger partial charge in [0, 0.05) is 30.5 Å². The van der Waals surface area contributed by atoms with Gasteiger partial charge in [0.15, 0.2) is 5.82 Å². The maximum atomic E-state index is 12.5. The molecule has 11 heteroatoms. The van der Waals surface area contributed by atoms with E-state index in [1.807, 2.05) is 18.2 Å². The van der Waals surface area contributed by atoms with Crippen molar-refractivity contribution < 1.29 is 8.42 Å². The van der Waals surface area contributed by atoms with Gasteiger partial charge in [0.1, 0.15) is 5.02 Å². The van der Waals surface area contributed by atoms with Crippen molar-refractivity contribution in [3.63, 3.8) is 0 Å². The lowest BCUT2D eigenvalue weighted by Crippen LogP contribution is -2.41. The highest BCUT2D eigenvalue weighted by atomic mass is 35.5. The zero-order chi connectivity index (χ0) is 26.0. The normalized spacial score (nSPS) is 16.6. The number of hydrogen-bond donors (Lipinski definition) is 3. The summed E-state index contributed by atoms with van der Waals surface area (Å²) in [6.07, 6.45) is 5.21. The highest BCUT2D eigenvalue weighted by Crippen LogP contribution is 2.34. The number of aromatic nitrogens is 2. The first-order valence-corrected chi connectivity index (χ1v) is 14.4. The minimum absolute atomic E-state index is 0.321. The Labute approximate surface area is 223 Å². The third-order valence-electron chi connectivity index (χ3n) is 6.82. The molecule has 1 aliphatic carbocycles. The Kier molecular flexibility index (Phi) is 7.41. The summed E-state index contributed by atoms with van der Waals surface area (Å²) in [6.45, 7) is 2.09. The second-order valence-corrected chi connectivity index (χ2v) is 12.1. The molecule has 1 aliphatic heterocycles. The smallest absolute Gasteiger partial charge is 0.235 e. The molecular weight excluding hydrogens is 510 g/mol. The number of anilines is 6. The Hall–Kier alpha value is -3.08. The summed E-state index contributed by atoms with van der Waals surface area (Å²) in [5.74, 6) is 0.750. The number of piperidine rings is 1. The molecule has 1 saturated heterocycles. The molecule has 0 amide bonds. The lowest BCUT2D eigenvalue weighted by Gasteiger charge is -2.36. The molecule has 0 bridgehead atoms. The van der Waals surface area contributed by atoms with Crippen molar-refractivity contribution in [3.05, 3.63) is 59.8 Å². The van der Waals surface area contributed by atoms with E-state index in [0.29, 0.717) is 47.0 Å². The predicted octanol–water partition coefficient (Wildman–Crippen LogP) is 5.05. The average molecular weight is 542 g/mol. The van der Waals surface area contributed by atoms with Gasteiger partial charge in [-0.15, -0.1) is 0 Å². The molecule has 37 heavy (non-hydrogen) atoms. The molecule has 0 radical (unpaired) electrons. The van der Waals surface area contributed by atoms with Crippen molar-refractivity contribution in [1.82, 2.24) is 14.9 Å². The van der Waals surface area contributed by atoms with Crippen molar-refractivity contribution >= 4 is 56.1 Å². The van der Waals surface area contributed by atoms with E-state index in [1.165, 1.54) is 11.9 Å². The minimum Gasteiger partial charge on any atom is -0.371 e. The van der Waals surface area contributed by atoms with Crippen molar-refractivity contribution in [2.24, 2.45) is 0 Å². The highest BCUT2D eigenvalue weighted by molar-refractivity contribution is 7.93. The summed E-state index contributed by atoms with van der Waals surface area (Å²) in [7, 11) is 0.891. The van der Waals surface area contributed by atoms with Gasteiger partial charge in [0.2, 0.25) is 16.0 Å². The van der Waals surface area contributed by atoms with Crippen LogP contribution in [0.2, 0.25) is 5.02 Å². The Bertz CT molecular complexity index is 1340. The summed E-state index contributed by atoms with van der Waals surface area (Å²) < 4.78 is 27.6. The molecule has 9 nitrogen and oxygen atoms in total. The Morgan fingerprint density at radius 2 is 1.62 bits per heavy atom.